The van der Waals surface area contributed by atoms with Crippen molar-refractivity contribution in [2.24, 2.45) is 23.7 Å². The van der Waals surface area contributed by atoms with Crippen LogP contribution in [0.15, 0.2) is 18.3 Å². The van der Waals surface area contributed by atoms with Crippen molar-refractivity contribution in [2.45, 2.75) is 58.0 Å². The van der Waals surface area contributed by atoms with Gasteiger partial charge in [0.05, 0.1) is 77.9 Å². The zero-order valence-electron chi connectivity index (χ0n) is 29.3. The second-order valence-corrected chi connectivity index (χ2v) is 12.7. The molecule has 3 aliphatic rings. The van der Waals surface area contributed by atoms with Gasteiger partial charge < -0.3 is 33.9 Å². The van der Waals surface area contributed by atoms with Crippen LogP contribution in [-0.2, 0) is 60.7 Å². The van der Waals surface area contributed by atoms with E-state index < -0.39 is 5.97 Å². The number of unbranched alkanes of at least 4 members (excludes halogenated alkanes) is 3. The highest BCUT2D eigenvalue weighted by molar-refractivity contribution is 6.06. The topological polar surface area (TPSA) is 181 Å². The first-order valence-corrected chi connectivity index (χ1v) is 17.6. The normalized spacial score (nSPS) is 20.5. The van der Waals surface area contributed by atoms with E-state index in [0.717, 1.165) is 32.1 Å². The molecule has 1 aromatic heterocycles. The lowest BCUT2D eigenvalue weighted by Crippen LogP contribution is -2.34. The number of methoxy groups -OCH3 is 2. The number of allylic oxidation sites excluding steroid dienone is 2. The number of hydrogen-bond donors (Lipinski definition) is 1. The summed E-state index contributed by atoms with van der Waals surface area (Å²) in [6, 6.07) is 0. The van der Waals surface area contributed by atoms with E-state index in [1.807, 2.05) is 0 Å². The minimum absolute atomic E-state index is 0.00967. The molecular weight excluding hydrogens is 652 g/mol. The van der Waals surface area contributed by atoms with Crippen molar-refractivity contribution in [3.05, 3.63) is 24.0 Å². The van der Waals surface area contributed by atoms with E-state index >= 15 is 0 Å². The Morgan fingerprint density at radius 2 is 1.54 bits per heavy atom. The third kappa shape index (κ3) is 11.7. The summed E-state index contributed by atoms with van der Waals surface area (Å²) in [5.41, 5.74) is 0.623. The van der Waals surface area contributed by atoms with Crippen LogP contribution < -0.4 is 5.32 Å². The summed E-state index contributed by atoms with van der Waals surface area (Å²) < 4.78 is 27.2. The van der Waals surface area contributed by atoms with Gasteiger partial charge in [0.15, 0.2) is 0 Å². The molecule has 0 spiro atoms. The molecule has 1 N–H and O–H groups in total. The van der Waals surface area contributed by atoms with E-state index in [1.165, 1.54) is 12.0 Å². The number of nitrogens with zero attached hydrogens (tertiary/aromatic N) is 5. The van der Waals surface area contributed by atoms with Crippen LogP contribution in [0.3, 0.4) is 0 Å². The lowest BCUT2D eigenvalue weighted by molar-refractivity contribution is -0.146. The zero-order chi connectivity index (χ0) is 35.7. The highest BCUT2D eigenvalue weighted by atomic mass is 16.6. The number of aromatic nitrogens is 3. The molecule has 1 saturated carbocycles. The molecule has 4 atom stereocenters. The summed E-state index contributed by atoms with van der Waals surface area (Å²) in [5, 5.41) is 11.1. The molecule has 1 saturated heterocycles. The van der Waals surface area contributed by atoms with Gasteiger partial charge in [0.25, 0.3) is 0 Å². The Hall–Kier alpha value is -3.73. The number of carbonyl (C=O) groups is 5. The van der Waals surface area contributed by atoms with Gasteiger partial charge in [0, 0.05) is 39.6 Å². The molecule has 1 aromatic rings. The first-order chi connectivity index (χ1) is 24.3. The van der Waals surface area contributed by atoms with E-state index in [2.05, 4.69) is 32.5 Å². The minimum Gasteiger partial charge on any atom is -0.467 e. The fraction of sp³-hybridized carbons (Fsp3) is 0.735. The maximum Gasteiger partial charge on any atom is 0.331 e. The first kappa shape index (κ1) is 39.1. The van der Waals surface area contributed by atoms with Crippen molar-refractivity contribution >= 4 is 29.6 Å². The molecule has 2 bridgehead atoms. The molecule has 2 aliphatic carbocycles. The van der Waals surface area contributed by atoms with Gasteiger partial charge in [0.2, 0.25) is 23.6 Å². The highest BCUT2D eigenvalue weighted by Gasteiger charge is 2.58. The summed E-state index contributed by atoms with van der Waals surface area (Å²) in [6.45, 7) is 4.07. The summed E-state index contributed by atoms with van der Waals surface area (Å²) in [5.74, 6) is -0.719. The van der Waals surface area contributed by atoms with Gasteiger partial charge in [0.1, 0.15) is 12.3 Å². The predicted molar refractivity (Wildman–Crippen MR) is 177 cm³/mol. The Labute approximate surface area is 293 Å². The Bertz CT molecular complexity index is 1270. The van der Waals surface area contributed by atoms with Gasteiger partial charge in [-0.3, -0.25) is 24.1 Å². The Morgan fingerprint density at radius 3 is 2.24 bits per heavy atom. The second kappa shape index (κ2) is 20.8. The standard InChI is InChI=1S/C34H52N6O10/c1-46-15-11-35-28(41)9-10-29(42)38(12-5-3-4-6-13-40-33(44)31-25-7-8-26(21-25)32(31)34(40)45)22-27-23-39(37-36-27)14-16-48-17-18-49-19-20-50-24-30(43)47-2/h7-8,23,25-26,31-32H,3-6,9-22,24H2,1-2H3,(H,35,41)/t25-,26+,31+,32-. The molecule has 0 aromatic carbocycles. The first-order valence-electron chi connectivity index (χ1n) is 17.6. The van der Waals surface area contributed by atoms with Crippen LogP contribution in [0.4, 0.5) is 0 Å². The molecule has 1 aliphatic heterocycles. The molecule has 50 heavy (non-hydrogen) atoms. The quantitative estimate of drug-likeness (QED) is 0.0620. The number of amides is 4. The smallest absolute Gasteiger partial charge is 0.331 e. The number of carbonyl (C=O) groups excluding carboxylic acids is 5. The Morgan fingerprint density at radius 1 is 0.860 bits per heavy atom. The van der Waals surface area contributed by atoms with Crippen molar-refractivity contribution in [1.82, 2.24) is 30.1 Å². The molecule has 0 unspecified atom stereocenters. The van der Waals surface area contributed by atoms with Crippen LogP contribution in [0.25, 0.3) is 0 Å². The summed E-state index contributed by atoms with van der Waals surface area (Å²) >= 11 is 0. The average molecular weight is 705 g/mol. The summed E-state index contributed by atoms with van der Waals surface area (Å²) in [7, 11) is 2.86. The Balaban J connectivity index is 1.15. The number of nitrogens with one attached hydrogen (secondary N) is 1. The van der Waals surface area contributed by atoms with Gasteiger partial charge in [-0.2, -0.15) is 0 Å². The molecule has 4 amide bonds. The number of ether oxygens (including phenoxy) is 5. The van der Waals surface area contributed by atoms with Gasteiger partial charge in [-0.25, -0.2) is 9.48 Å². The molecule has 0 radical (unpaired) electrons. The number of imide groups is 1. The third-order valence-corrected chi connectivity index (χ3v) is 9.26. The fourth-order valence-electron chi connectivity index (χ4n) is 6.69. The largest absolute Gasteiger partial charge is 0.467 e. The predicted octanol–water partition coefficient (Wildman–Crippen LogP) is 0.740. The summed E-state index contributed by atoms with van der Waals surface area (Å²) in [6.07, 6.45) is 10.2. The van der Waals surface area contributed by atoms with Crippen LogP contribution in [0.5, 0.6) is 0 Å². The van der Waals surface area contributed by atoms with E-state index in [4.69, 9.17) is 18.9 Å². The summed E-state index contributed by atoms with van der Waals surface area (Å²) in [4.78, 5) is 65.5. The van der Waals surface area contributed by atoms with Crippen molar-refractivity contribution < 1.29 is 47.7 Å². The molecule has 16 nitrogen and oxygen atoms in total. The number of rotatable bonds is 26. The molecule has 4 rings (SSSR count). The number of hydrogen-bond acceptors (Lipinski definition) is 12. The van der Waals surface area contributed by atoms with E-state index in [9.17, 15) is 24.0 Å². The van der Waals surface area contributed by atoms with Crippen molar-refractivity contribution in [3.8, 4) is 0 Å². The van der Waals surface area contributed by atoms with Crippen LogP contribution in [0.1, 0.15) is 50.6 Å². The SMILES string of the molecule is COCCNC(=O)CCC(=O)N(CCCCCCN1C(=O)[C@@H]2[C@H](C1=O)[C@H]1C=C[C@@H]2C1)Cc1cn(CCOCCOCCOCC(=O)OC)nn1. The molecule has 278 valence electrons. The van der Waals surface area contributed by atoms with Crippen LogP contribution in [0, 0.1) is 23.7 Å². The third-order valence-electron chi connectivity index (χ3n) is 9.26. The lowest BCUT2D eigenvalue weighted by Gasteiger charge is -2.22. The molecule has 16 heteroatoms. The van der Waals surface area contributed by atoms with Gasteiger partial charge in [-0.15, -0.1) is 5.10 Å². The highest BCUT2D eigenvalue weighted by Crippen LogP contribution is 2.52. The Kier molecular flexibility index (Phi) is 16.3. The zero-order valence-corrected chi connectivity index (χ0v) is 29.3. The number of likely N-dealkylation sites (tertiary alicyclic amines) is 1. The van der Waals surface area contributed by atoms with Crippen molar-refractivity contribution in [1.29, 1.82) is 0 Å². The molecule has 2 heterocycles. The van der Waals surface area contributed by atoms with E-state index in [1.54, 1.807) is 22.9 Å². The van der Waals surface area contributed by atoms with Crippen molar-refractivity contribution in [3.63, 3.8) is 0 Å². The van der Waals surface area contributed by atoms with Gasteiger partial charge >= 0.3 is 5.97 Å². The average Bonchev–Trinajstić information content (AvgIpc) is 3.91. The second-order valence-electron chi connectivity index (χ2n) is 12.7. The number of esters is 1. The lowest BCUT2D eigenvalue weighted by atomic mass is 9.85. The maximum absolute atomic E-state index is 13.2. The van der Waals surface area contributed by atoms with Crippen LogP contribution in [-0.4, -0.2) is 134 Å². The van der Waals surface area contributed by atoms with E-state index in [0.29, 0.717) is 64.9 Å². The van der Waals surface area contributed by atoms with Crippen LogP contribution in [0.2, 0.25) is 0 Å². The molecular formula is C34H52N6O10. The van der Waals surface area contributed by atoms with Crippen molar-refractivity contribution in [2.75, 3.05) is 80.1 Å². The van der Waals surface area contributed by atoms with Gasteiger partial charge in [-0.1, -0.05) is 30.2 Å². The van der Waals surface area contributed by atoms with Crippen LogP contribution >= 0.6 is 0 Å². The maximum atomic E-state index is 13.2. The molecule has 2 fully saturated rings. The fourth-order valence-corrected chi connectivity index (χ4v) is 6.69. The van der Waals surface area contributed by atoms with E-state index in [-0.39, 0.29) is 79.9 Å². The monoisotopic (exact) mass is 704 g/mol. The number of fused-ring (bicyclic) bond motifs is 5. The van der Waals surface area contributed by atoms with Gasteiger partial charge in [-0.05, 0) is 31.1 Å². The minimum atomic E-state index is -0.437.